The number of benzene rings is 1. The second-order valence-electron chi connectivity index (χ2n) is 6.33. The molecule has 0 bridgehead atoms. The zero-order valence-electron chi connectivity index (χ0n) is 12.7. The molecule has 0 saturated heterocycles. The summed E-state index contributed by atoms with van der Waals surface area (Å²) in [6.45, 7) is 6.59. The van der Waals surface area contributed by atoms with Crippen molar-refractivity contribution in [3.63, 3.8) is 0 Å². The van der Waals surface area contributed by atoms with E-state index in [0.29, 0.717) is 12.1 Å². The van der Waals surface area contributed by atoms with Crippen LogP contribution >= 0.6 is 15.9 Å². The maximum atomic E-state index is 9.31. The van der Waals surface area contributed by atoms with E-state index in [2.05, 4.69) is 47.0 Å². The molecule has 4 N–H and O–H groups in total. The van der Waals surface area contributed by atoms with Crippen molar-refractivity contribution in [2.45, 2.75) is 33.2 Å². The highest BCUT2D eigenvalue weighted by atomic mass is 79.9. The molecule has 4 nitrogen and oxygen atoms in total. The lowest BCUT2D eigenvalue weighted by atomic mass is 9.84. The molecular formula is C16H22BrN3O. The lowest BCUT2D eigenvalue weighted by Crippen LogP contribution is -2.35. The molecule has 0 spiro atoms. The van der Waals surface area contributed by atoms with Gasteiger partial charge >= 0.3 is 0 Å². The molecule has 1 atom stereocenters. The summed E-state index contributed by atoms with van der Waals surface area (Å²) in [4.78, 5) is 4.36. The van der Waals surface area contributed by atoms with Gasteiger partial charge in [0.2, 0.25) is 0 Å². The van der Waals surface area contributed by atoms with Crippen LogP contribution in [-0.2, 0) is 0 Å². The van der Waals surface area contributed by atoms with Crippen LogP contribution in [0.1, 0.15) is 27.2 Å². The predicted molar refractivity (Wildman–Crippen MR) is 92.4 cm³/mol. The first kappa shape index (κ1) is 16.0. The van der Waals surface area contributed by atoms with E-state index in [1.54, 1.807) is 6.20 Å². The number of anilines is 2. The third-order valence-corrected chi connectivity index (χ3v) is 4.13. The number of nitrogen functional groups attached to an aromatic ring is 1. The van der Waals surface area contributed by atoms with Crippen LogP contribution in [0.3, 0.4) is 0 Å². The minimum Gasteiger partial charge on any atom is -0.396 e. The first-order valence-corrected chi connectivity index (χ1v) is 7.83. The third kappa shape index (κ3) is 3.66. The van der Waals surface area contributed by atoms with Gasteiger partial charge in [-0.1, -0.05) is 36.7 Å². The van der Waals surface area contributed by atoms with Gasteiger partial charge in [0.25, 0.3) is 0 Å². The van der Waals surface area contributed by atoms with E-state index in [-0.39, 0.29) is 18.1 Å². The van der Waals surface area contributed by atoms with Crippen molar-refractivity contribution < 1.29 is 5.11 Å². The van der Waals surface area contributed by atoms with Gasteiger partial charge in [0.05, 0.1) is 23.1 Å². The maximum Gasteiger partial charge on any atom is 0.0743 e. The van der Waals surface area contributed by atoms with Crippen molar-refractivity contribution in [2.24, 2.45) is 5.41 Å². The highest BCUT2D eigenvalue weighted by Gasteiger charge is 2.25. The maximum absolute atomic E-state index is 9.31. The quantitative estimate of drug-likeness (QED) is 0.783. The Balaban J connectivity index is 2.49. The molecule has 0 saturated carbocycles. The molecule has 0 aliphatic heterocycles. The molecular weight excluding hydrogens is 330 g/mol. The van der Waals surface area contributed by atoms with Crippen molar-refractivity contribution in [1.29, 1.82) is 0 Å². The molecule has 0 aliphatic rings. The molecule has 114 valence electrons. The Morgan fingerprint density at radius 1 is 1.38 bits per heavy atom. The molecule has 1 heterocycles. The van der Waals surface area contributed by atoms with Crippen LogP contribution in [-0.4, -0.2) is 22.7 Å². The zero-order valence-corrected chi connectivity index (χ0v) is 14.2. The number of aliphatic hydroxyl groups excluding tert-OH is 1. The second kappa shape index (κ2) is 6.20. The van der Waals surface area contributed by atoms with Crippen LogP contribution in [0.5, 0.6) is 0 Å². The van der Waals surface area contributed by atoms with Gasteiger partial charge < -0.3 is 16.2 Å². The van der Waals surface area contributed by atoms with E-state index in [1.807, 2.05) is 18.2 Å². The van der Waals surface area contributed by atoms with Gasteiger partial charge in [0, 0.05) is 22.5 Å². The van der Waals surface area contributed by atoms with Gasteiger partial charge in [-0.2, -0.15) is 0 Å². The van der Waals surface area contributed by atoms with Gasteiger partial charge in [0.1, 0.15) is 0 Å². The zero-order chi connectivity index (χ0) is 15.6. The highest BCUT2D eigenvalue weighted by molar-refractivity contribution is 9.10. The van der Waals surface area contributed by atoms with E-state index >= 15 is 0 Å². The SMILES string of the molecule is CC(C)(C)C(CCO)Nc1c(N)cnc2ccc(Br)cc12. The molecule has 5 heteroatoms. The second-order valence-corrected chi connectivity index (χ2v) is 7.24. The lowest BCUT2D eigenvalue weighted by Gasteiger charge is -2.32. The van der Waals surface area contributed by atoms with Crippen molar-refractivity contribution >= 4 is 38.2 Å². The number of hydrogen-bond acceptors (Lipinski definition) is 4. The van der Waals surface area contributed by atoms with Gasteiger partial charge in [0.15, 0.2) is 0 Å². The van der Waals surface area contributed by atoms with Crippen LogP contribution in [0.2, 0.25) is 0 Å². The lowest BCUT2D eigenvalue weighted by molar-refractivity contribution is 0.235. The first-order chi connectivity index (χ1) is 9.82. The third-order valence-electron chi connectivity index (χ3n) is 3.64. The highest BCUT2D eigenvalue weighted by Crippen LogP contribution is 2.34. The number of pyridine rings is 1. The number of aliphatic hydroxyl groups is 1. The summed E-state index contributed by atoms with van der Waals surface area (Å²) in [7, 11) is 0. The van der Waals surface area contributed by atoms with Crippen LogP contribution in [0, 0.1) is 5.41 Å². The van der Waals surface area contributed by atoms with Crippen molar-refractivity contribution in [1.82, 2.24) is 4.98 Å². The normalized spacial score (nSPS) is 13.4. The molecule has 0 amide bonds. The fourth-order valence-corrected chi connectivity index (χ4v) is 2.73. The molecule has 21 heavy (non-hydrogen) atoms. The number of nitrogens with zero attached hydrogens (tertiary/aromatic N) is 1. The first-order valence-electron chi connectivity index (χ1n) is 7.04. The van der Waals surface area contributed by atoms with E-state index in [1.165, 1.54) is 0 Å². The fourth-order valence-electron chi connectivity index (χ4n) is 2.37. The molecule has 1 unspecified atom stereocenters. The van der Waals surface area contributed by atoms with E-state index < -0.39 is 0 Å². The fraction of sp³-hybridized carbons (Fsp3) is 0.438. The minimum absolute atomic E-state index is 0.0107. The number of nitrogens with two attached hydrogens (primary N) is 1. The smallest absolute Gasteiger partial charge is 0.0743 e. The Morgan fingerprint density at radius 2 is 2.10 bits per heavy atom. The summed E-state index contributed by atoms with van der Waals surface area (Å²) in [6.07, 6.45) is 2.35. The monoisotopic (exact) mass is 351 g/mol. The van der Waals surface area contributed by atoms with Crippen molar-refractivity contribution in [3.8, 4) is 0 Å². The van der Waals surface area contributed by atoms with Gasteiger partial charge in [-0.25, -0.2) is 0 Å². The topological polar surface area (TPSA) is 71.2 Å². The summed E-state index contributed by atoms with van der Waals surface area (Å²) in [5, 5.41) is 13.8. The Hall–Kier alpha value is -1.33. The Bertz CT molecular complexity index is 632. The Kier molecular flexibility index (Phi) is 4.74. The average molecular weight is 352 g/mol. The number of nitrogens with one attached hydrogen (secondary N) is 1. The summed E-state index contributed by atoms with van der Waals surface area (Å²) >= 11 is 3.49. The van der Waals surface area contributed by atoms with Crippen molar-refractivity contribution in [2.75, 3.05) is 17.7 Å². The van der Waals surface area contributed by atoms with Gasteiger partial charge in [-0.05, 0) is 30.0 Å². The number of hydrogen-bond donors (Lipinski definition) is 3. The summed E-state index contributed by atoms with van der Waals surface area (Å²) < 4.78 is 0.986. The number of aromatic nitrogens is 1. The summed E-state index contributed by atoms with van der Waals surface area (Å²) in [5.41, 5.74) is 8.53. The molecule has 0 fully saturated rings. The molecule has 1 aromatic carbocycles. The van der Waals surface area contributed by atoms with E-state index in [0.717, 1.165) is 21.1 Å². The molecule has 0 aliphatic carbocycles. The van der Waals surface area contributed by atoms with Crippen LogP contribution in [0.15, 0.2) is 28.9 Å². The largest absolute Gasteiger partial charge is 0.396 e. The summed E-state index contributed by atoms with van der Waals surface area (Å²) in [6, 6.07) is 6.06. The van der Waals surface area contributed by atoms with Crippen LogP contribution < -0.4 is 11.1 Å². The number of halogens is 1. The predicted octanol–water partition coefficient (Wildman–Crippen LogP) is 3.79. The molecule has 1 aromatic heterocycles. The Labute approximate surface area is 133 Å². The van der Waals surface area contributed by atoms with E-state index in [9.17, 15) is 5.11 Å². The summed E-state index contributed by atoms with van der Waals surface area (Å²) in [5.74, 6) is 0. The standard InChI is InChI=1S/C16H22BrN3O/c1-16(2,3)14(6-7-21)20-15-11-8-10(17)4-5-13(11)19-9-12(15)18/h4-5,8-9,14,21H,6-7,18H2,1-3H3,(H,19,20). The number of fused-ring (bicyclic) bond motifs is 1. The molecule has 2 aromatic rings. The van der Waals surface area contributed by atoms with Crippen LogP contribution in [0.4, 0.5) is 11.4 Å². The van der Waals surface area contributed by atoms with E-state index in [4.69, 9.17) is 5.73 Å². The number of rotatable bonds is 4. The van der Waals surface area contributed by atoms with Crippen molar-refractivity contribution in [3.05, 3.63) is 28.9 Å². The Morgan fingerprint density at radius 3 is 2.71 bits per heavy atom. The minimum atomic E-state index is 0.0107. The van der Waals surface area contributed by atoms with Gasteiger partial charge in [-0.15, -0.1) is 0 Å². The van der Waals surface area contributed by atoms with Crippen LogP contribution in [0.25, 0.3) is 10.9 Å². The molecule has 2 rings (SSSR count). The van der Waals surface area contributed by atoms with Gasteiger partial charge in [-0.3, -0.25) is 4.98 Å². The average Bonchev–Trinajstić information content (AvgIpc) is 2.40. The molecule has 0 radical (unpaired) electrons.